The fourth-order valence-corrected chi connectivity index (χ4v) is 1.42. The van der Waals surface area contributed by atoms with Crippen molar-refractivity contribution in [3.63, 3.8) is 0 Å². The molecule has 0 aliphatic heterocycles. The molecule has 0 aliphatic rings. The lowest BCUT2D eigenvalue weighted by Crippen LogP contribution is -2.44. The van der Waals surface area contributed by atoms with E-state index in [0.29, 0.717) is 13.0 Å². The van der Waals surface area contributed by atoms with E-state index in [1.54, 1.807) is 5.01 Å². The third-order valence-electron chi connectivity index (χ3n) is 1.82. The van der Waals surface area contributed by atoms with Crippen LogP contribution >= 0.6 is 24.4 Å². The molecule has 0 aliphatic carbocycles. The highest BCUT2D eigenvalue weighted by atomic mass is 32.1. The maximum Gasteiger partial charge on any atom is 0.206 e. The van der Waals surface area contributed by atoms with Crippen molar-refractivity contribution < 1.29 is 0 Å². The smallest absolute Gasteiger partial charge is 0.206 e. The Morgan fingerprint density at radius 1 is 1.47 bits per heavy atom. The molecule has 96 valence electrons. The topological polar surface area (TPSA) is 91.7 Å². The van der Waals surface area contributed by atoms with Crippen LogP contribution in [-0.4, -0.2) is 27.5 Å². The SMILES string of the molecule is C=C(CC(C)=NC(=S)NN)N(CC)NC(N)=S. The van der Waals surface area contributed by atoms with Gasteiger partial charge in [-0.3, -0.25) is 15.9 Å². The molecule has 0 unspecified atom stereocenters. The molecule has 0 amide bonds. The first-order valence-electron chi connectivity index (χ1n) is 4.96. The van der Waals surface area contributed by atoms with Crippen LogP contribution in [0, 0.1) is 0 Å². The lowest BCUT2D eigenvalue weighted by molar-refractivity contribution is 0.318. The highest BCUT2D eigenvalue weighted by molar-refractivity contribution is 7.80. The zero-order valence-corrected chi connectivity index (χ0v) is 11.6. The Labute approximate surface area is 112 Å². The first kappa shape index (κ1) is 15.8. The zero-order valence-electron chi connectivity index (χ0n) is 9.99. The summed E-state index contributed by atoms with van der Waals surface area (Å²) in [6.07, 6.45) is 0.547. The molecule has 6 N–H and O–H groups in total. The van der Waals surface area contributed by atoms with Gasteiger partial charge in [-0.05, 0) is 38.3 Å². The van der Waals surface area contributed by atoms with E-state index in [1.807, 2.05) is 13.8 Å². The average molecular weight is 274 g/mol. The quantitative estimate of drug-likeness (QED) is 0.246. The molecule has 0 rings (SSSR count). The van der Waals surface area contributed by atoms with E-state index in [1.165, 1.54) is 0 Å². The number of thiocarbonyl (C=S) groups is 2. The van der Waals surface area contributed by atoms with Gasteiger partial charge in [-0.2, -0.15) is 0 Å². The Kier molecular flexibility index (Phi) is 7.35. The van der Waals surface area contributed by atoms with Crippen LogP contribution in [0.15, 0.2) is 17.3 Å². The molecular formula is C9H18N6S2. The molecule has 0 aromatic carbocycles. The minimum atomic E-state index is 0.196. The van der Waals surface area contributed by atoms with Crippen LogP contribution in [0.1, 0.15) is 20.3 Å². The van der Waals surface area contributed by atoms with Crippen molar-refractivity contribution in [2.45, 2.75) is 20.3 Å². The van der Waals surface area contributed by atoms with Crippen molar-refractivity contribution in [3.8, 4) is 0 Å². The van der Waals surface area contributed by atoms with Gasteiger partial charge in [0.25, 0.3) is 0 Å². The molecule has 0 radical (unpaired) electrons. The molecule has 0 saturated carbocycles. The summed E-state index contributed by atoms with van der Waals surface area (Å²) in [4.78, 5) is 4.06. The Morgan fingerprint density at radius 3 is 2.47 bits per heavy atom. The Balaban J connectivity index is 4.45. The van der Waals surface area contributed by atoms with Crippen LogP contribution in [0.25, 0.3) is 0 Å². The summed E-state index contributed by atoms with van der Waals surface area (Å²) in [5, 5.41) is 2.18. The van der Waals surface area contributed by atoms with Gasteiger partial charge in [-0.1, -0.05) is 6.58 Å². The Morgan fingerprint density at radius 2 is 2.06 bits per heavy atom. The van der Waals surface area contributed by atoms with Gasteiger partial charge in [0.2, 0.25) is 5.11 Å². The Bertz CT molecular complexity index is 338. The van der Waals surface area contributed by atoms with E-state index in [9.17, 15) is 0 Å². The molecule has 0 aromatic heterocycles. The van der Waals surface area contributed by atoms with Crippen LogP contribution in [0.3, 0.4) is 0 Å². The van der Waals surface area contributed by atoms with E-state index in [4.69, 9.17) is 36.0 Å². The predicted molar refractivity (Wildman–Crippen MR) is 79.1 cm³/mol. The fraction of sp³-hybridized carbons (Fsp3) is 0.444. The summed E-state index contributed by atoms with van der Waals surface area (Å²) in [6.45, 7) is 8.40. The van der Waals surface area contributed by atoms with Crippen molar-refractivity contribution in [2.24, 2.45) is 16.6 Å². The average Bonchev–Trinajstić information content (AvgIpc) is 2.24. The highest BCUT2D eigenvalue weighted by Gasteiger charge is 2.07. The fourth-order valence-electron chi connectivity index (χ4n) is 1.15. The molecule has 0 heterocycles. The molecule has 0 aromatic rings. The summed E-state index contributed by atoms with van der Waals surface area (Å²) in [5.74, 6) is 5.13. The first-order chi connectivity index (χ1) is 7.90. The van der Waals surface area contributed by atoms with Crippen LogP contribution in [0.5, 0.6) is 0 Å². The van der Waals surface area contributed by atoms with Gasteiger partial charge in [0, 0.05) is 24.4 Å². The molecule has 0 atom stereocenters. The molecular weight excluding hydrogens is 256 g/mol. The second kappa shape index (κ2) is 7.93. The number of nitrogens with two attached hydrogens (primary N) is 2. The second-order valence-corrected chi connectivity index (χ2v) is 4.09. The van der Waals surface area contributed by atoms with Crippen molar-refractivity contribution >= 4 is 40.4 Å². The third kappa shape index (κ3) is 6.82. The van der Waals surface area contributed by atoms with Crippen LogP contribution in [0.2, 0.25) is 0 Å². The maximum atomic E-state index is 5.40. The molecule has 0 fully saturated rings. The van der Waals surface area contributed by atoms with Crippen LogP contribution < -0.4 is 22.4 Å². The van der Waals surface area contributed by atoms with Gasteiger partial charge in [-0.25, -0.2) is 10.8 Å². The normalized spacial score (nSPS) is 10.6. The van der Waals surface area contributed by atoms with Crippen LogP contribution in [-0.2, 0) is 0 Å². The van der Waals surface area contributed by atoms with E-state index in [0.717, 1.165) is 11.4 Å². The van der Waals surface area contributed by atoms with Crippen molar-refractivity contribution in [3.05, 3.63) is 12.3 Å². The third-order valence-corrected chi connectivity index (χ3v) is 2.12. The van der Waals surface area contributed by atoms with Crippen molar-refractivity contribution in [1.29, 1.82) is 0 Å². The first-order valence-corrected chi connectivity index (χ1v) is 5.78. The molecule has 0 bridgehead atoms. The predicted octanol–water partition coefficient (Wildman–Crippen LogP) is 0.169. The summed E-state index contributed by atoms with van der Waals surface area (Å²) in [6, 6.07) is 0. The van der Waals surface area contributed by atoms with Gasteiger partial charge in [-0.15, -0.1) is 0 Å². The summed E-state index contributed by atoms with van der Waals surface area (Å²) >= 11 is 9.59. The Hall–Kier alpha value is -1.25. The van der Waals surface area contributed by atoms with E-state index in [2.05, 4.69) is 22.4 Å². The molecule has 8 heteroatoms. The minimum absolute atomic E-state index is 0.196. The van der Waals surface area contributed by atoms with Gasteiger partial charge < -0.3 is 5.73 Å². The zero-order chi connectivity index (χ0) is 13.4. The summed E-state index contributed by atoms with van der Waals surface area (Å²) < 4.78 is 0. The lowest BCUT2D eigenvalue weighted by Gasteiger charge is -2.25. The van der Waals surface area contributed by atoms with E-state index in [-0.39, 0.29) is 10.2 Å². The van der Waals surface area contributed by atoms with Gasteiger partial charge in [0.05, 0.1) is 0 Å². The van der Waals surface area contributed by atoms with Gasteiger partial charge in [0.15, 0.2) is 5.11 Å². The number of hydrazine groups is 2. The standard InChI is InChI=1S/C9H18N6S2/c1-4-15(14-8(10)16)7(3)5-6(2)12-9(17)13-11/h3-5,11H2,1-2H3,(H,13,17)(H3,10,14,16). The number of nitrogens with zero attached hydrogens (tertiary/aromatic N) is 2. The maximum absolute atomic E-state index is 5.40. The molecule has 0 saturated heterocycles. The largest absolute Gasteiger partial charge is 0.375 e. The number of rotatable bonds is 5. The van der Waals surface area contributed by atoms with Crippen molar-refractivity contribution in [1.82, 2.24) is 15.9 Å². The number of hydrogen-bond donors (Lipinski definition) is 4. The number of allylic oxidation sites excluding steroid dienone is 1. The number of hydrogen-bond acceptors (Lipinski definition) is 4. The number of nitrogens with one attached hydrogen (secondary N) is 2. The molecule has 0 spiro atoms. The molecule has 17 heavy (non-hydrogen) atoms. The summed E-state index contributed by atoms with van der Waals surface area (Å²) in [7, 11) is 0. The monoisotopic (exact) mass is 274 g/mol. The summed E-state index contributed by atoms with van der Waals surface area (Å²) in [5.41, 5.74) is 12.1. The van der Waals surface area contributed by atoms with Gasteiger partial charge >= 0.3 is 0 Å². The van der Waals surface area contributed by atoms with Crippen LogP contribution in [0.4, 0.5) is 0 Å². The number of aliphatic imine (C=N–C) groups is 1. The highest BCUT2D eigenvalue weighted by Crippen LogP contribution is 2.05. The van der Waals surface area contributed by atoms with E-state index < -0.39 is 0 Å². The second-order valence-electron chi connectivity index (χ2n) is 3.26. The van der Waals surface area contributed by atoms with Crippen molar-refractivity contribution in [2.75, 3.05) is 6.54 Å². The minimum Gasteiger partial charge on any atom is -0.375 e. The molecule has 6 nitrogen and oxygen atoms in total. The van der Waals surface area contributed by atoms with Gasteiger partial charge in [0.1, 0.15) is 0 Å². The lowest BCUT2D eigenvalue weighted by atomic mass is 10.2. The van der Waals surface area contributed by atoms with E-state index >= 15 is 0 Å².